The maximum absolute atomic E-state index is 11.8. The smallest absolute Gasteiger partial charge is 0.382 e. The van der Waals surface area contributed by atoms with Crippen LogP contribution in [-0.2, 0) is 31.6 Å². The predicted molar refractivity (Wildman–Crippen MR) is 97.2 cm³/mol. The summed E-state index contributed by atoms with van der Waals surface area (Å²) in [4.78, 5) is 47.8. The third-order valence-corrected chi connectivity index (χ3v) is 7.76. The van der Waals surface area contributed by atoms with Gasteiger partial charge in [-0.2, -0.15) is 8.62 Å². The van der Waals surface area contributed by atoms with Crippen molar-refractivity contribution in [1.29, 1.82) is 0 Å². The summed E-state index contributed by atoms with van der Waals surface area (Å²) in [5.74, 6) is 0.0710. The van der Waals surface area contributed by atoms with Crippen molar-refractivity contribution in [3.8, 4) is 0 Å². The Morgan fingerprint density at radius 1 is 1.17 bits per heavy atom. The number of imidazole rings is 1. The molecule has 16 nitrogen and oxygen atoms in total. The number of nitrogen functional groups attached to an aromatic ring is 1. The lowest BCUT2D eigenvalue weighted by Gasteiger charge is -2.19. The van der Waals surface area contributed by atoms with Crippen molar-refractivity contribution in [2.24, 2.45) is 5.92 Å². The van der Waals surface area contributed by atoms with Gasteiger partial charge in [0.2, 0.25) is 0 Å². The van der Waals surface area contributed by atoms with Crippen molar-refractivity contribution < 1.29 is 51.2 Å². The summed E-state index contributed by atoms with van der Waals surface area (Å²) in [5, 5.41) is 0. The monoisotopic (exact) mass is 489 g/mol. The molecule has 1 aliphatic rings. The SMILES string of the molecule is C[C@H]1CC(COP(=O)(O)OP(=O)(O)OP(=O)(O)O)O[C@H]1n1cnc2c(N)ncnc21. The van der Waals surface area contributed by atoms with Gasteiger partial charge in [-0.15, -0.1) is 0 Å². The molecule has 5 atom stereocenters. The number of phosphoric acid groups is 3. The highest BCUT2D eigenvalue weighted by molar-refractivity contribution is 7.66. The highest BCUT2D eigenvalue weighted by Gasteiger charge is 2.42. The molecular formula is C11H18N5O11P3. The summed E-state index contributed by atoms with van der Waals surface area (Å²) < 4.78 is 53.1. The number of aromatic nitrogens is 4. The standard InChI is InChI=1S/C11H18N5O11P3/c1-6-2-7(3-24-29(20,21)27-30(22,23)26-28(17,18)19)25-11(6)16-5-15-8-9(12)13-4-14-10(8)16/h4-7,11H,2-3H2,1H3,(H,20,21)(H,22,23)(H2,12,13,14)(H2,17,18,19)/t6-,7?,11+/m0/s1. The Bertz CT molecular complexity index is 1070. The van der Waals surface area contributed by atoms with Crippen LogP contribution in [0.25, 0.3) is 11.2 Å². The summed E-state index contributed by atoms with van der Waals surface area (Å²) in [6.45, 7) is 1.31. The molecule has 0 bridgehead atoms. The van der Waals surface area contributed by atoms with E-state index in [1.807, 2.05) is 6.92 Å². The summed E-state index contributed by atoms with van der Waals surface area (Å²) in [5.41, 5.74) is 6.56. The van der Waals surface area contributed by atoms with Crippen LogP contribution in [0.4, 0.5) is 5.82 Å². The maximum Gasteiger partial charge on any atom is 0.490 e. The average molecular weight is 489 g/mol. The zero-order chi connectivity index (χ0) is 22.3. The Morgan fingerprint density at radius 2 is 1.87 bits per heavy atom. The van der Waals surface area contributed by atoms with Gasteiger partial charge in [-0.3, -0.25) is 9.09 Å². The van der Waals surface area contributed by atoms with Crippen LogP contribution in [0, 0.1) is 5.92 Å². The second-order valence-electron chi connectivity index (χ2n) is 6.33. The number of hydrogen-bond donors (Lipinski definition) is 5. The molecule has 0 aromatic carbocycles. The van der Waals surface area contributed by atoms with E-state index in [-0.39, 0.29) is 11.7 Å². The lowest BCUT2D eigenvalue weighted by Crippen LogP contribution is -2.17. The fourth-order valence-corrected chi connectivity index (χ4v) is 5.95. The zero-order valence-electron chi connectivity index (χ0n) is 15.2. The predicted octanol–water partition coefficient (Wildman–Crippen LogP) is 0.675. The summed E-state index contributed by atoms with van der Waals surface area (Å²) in [6.07, 6.45) is 1.79. The van der Waals surface area contributed by atoms with Crippen LogP contribution in [0.2, 0.25) is 0 Å². The molecule has 3 unspecified atom stereocenters. The second kappa shape index (κ2) is 8.34. The Labute approximate surface area is 168 Å². The van der Waals surface area contributed by atoms with Gasteiger partial charge in [0.25, 0.3) is 0 Å². The fourth-order valence-electron chi connectivity index (χ4n) is 2.90. The molecule has 1 fully saturated rings. The highest BCUT2D eigenvalue weighted by atomic mass is 31.3. The van der Waals surface area contributed by atoms with Crippen molar-refractivity contribution in [1.82, 2.24) is 19.5 Å². The molecule has 0 aliphatic carbocycles. The van der Waals surface area contributed by atoms with E-state index in [0.29, 0.717) is 17.6 Å². The minimum Gasteiger partial charge on any atom is -0.382 e. The van der Waals surface area contributed by atoms with E-state index in [1.165, 1.54) is 12.7 Å². The number of nitrogens with two attached hydrogens (primary N) is 1. The van der Waals surface area contributed by atoms with E-state index >= 15 is 0 Å². The molecule has 1 aliphatic heterocycles. The van der Waals surface area contributed by atoms with Gasteiger partial charge in [0.15, 0.2) is 11.5 Å². The molecule has 2 aromatic rings. The third-order valence-electron chi connectivity index (χ3n) is 3.95. The van der Waals surface area contributed by atoms with Crippen molar-refractivity contribution >= 4 is 40.4 Å². The highest BCUT2D eigenvalue weighted by Crippen LogP contribution is 2.66. The van der Waals surface area contributed by atoms with Crippen molar-refractivity contribution in [3.05, 3.63) is 12.7 Å². The molecule has 2 aromatic heterocycles. The van der Waals surface area contributed by atoms with Gasteiger partial charge in [0, 0.05) is 5.92 Å². The first-order valence-electron chi connectivity index (χ1n) is 8.13. The first kappa shape index (κ1) is 23.4. The molecule has 168 valence electrons. The Kier molecular flexibility index (Phi) is 6.50. The van der Waals surface area contributed by atoms with Crippen LogP contribution >= 0.6 is 23.5 Å². The molecular weight excluding hydrogens is 471 g/mol. The summed E-state index contributed by atoms with van der Waals surface area (Å²) >= 11 is 0. The molecule has 1 saturated heterocycles. The van der Waals surface area contributed by atoms with Gasteiger partial charge in [0.1, 0.15) is 18.1 Å². The van der Waals surface area contributed by atoms with E-state index in [4.69, 9.17) is 25.2 Å². The first-order chi connectivity index (χ1) is 13.8. The van der Waals surface area contributed by atoms with Crippen LogP contribution in [-0.4, -0.2) is 51.8 Å². The topological polar surface area (TPSA) is 239 Å². The number of hydrogen-bond acceptors (Lipinski definition) is 11. The van der Waals surface area contributed by atoms with Gasteiger partial charge in [-0.25, -0.2) is 28.6 Å². The van der Waals surface area contributed by atoms with E-state index in [1.54, 1.807) is 4.57 Å². The van der Waals surface area contributed by atoms with Crippen molar-refractivity contribution in [2.75, 3.05) is 12.3 Å². The number of nitrogens with zero attached hydrogens (tertiary/aromatic N) is 4. The number of rotatable bonds is 8. The number of anilines is 1. The molecule has 3 heterocycles. The molecule has 0 saturated carbocycles. The molecule has 0 amide bonds. The molecule has 0 radical (unpaired) electrons. The van der Waals surface area contributed by atoms with E-state index in [2.05, 4.69) is 28.1 Å². The molecule has 0 spiro atoms. The maximum atomic E-state index is 11.8. The first-order valence-corrected chi connectivity index (χ1v) is 12.7. The number of fused-ring (bicyclic) bond motifs is 1. The average Bonchev–Trinajstić information content (AvgIpc) is 3.13. The Hall–Kier alpha value is -1.28. The lowest BCUT2D eigenvalue weighted by molar-refractivity contribution is -0.0290. The van der Waals surface area contributed by atoms with Crippen LogP contribution in [0.3, 0.4) is 0 Å². The largest absolute Gasteiger partial charge is 0.490 e. The van der Waals surface area contributed by atoms with Gasteiger partial charge < -0.3 is 30.0 Å². The summed E-state index contributed by atoms with van der Waals surface area (Å²) in [7, 11) is -16.2. The zero-order valence-corrected chi connectivity index (χ0v) is 17.8. The molecule has 30 heavy (non-hydrogen) atoms. The van der Waals surface area contributed by atoms with E-state index < -0.39 is 42.4 Å². The molecule has 6 N–H and O–H groups in total. The number of phosphoric ester groups is 1. The van der Waals surface area contributed by atoms with Gasteiger partial charge in [-0.1, -0.05) is 6.92 Å². The number of ether oxygens (including phenoxy) is 1. The van der Waals surface area contributed by atoms with E-state index in [9.17, 15) is 18.6 Å². The van der Waals surface area contributed by atoms with Crippen LogP contribution in [0.1, 0.15) is 19.6 Å². The second-order valence-corrected chi connectivity index (χ2v) is 10.8. The van der Waals surface area contributed by atoms with Gasteiger partial charge in [0.05, 0.1) is 19.0 Å². The Balaban J connectivity index is 1.63. The fraction of sp³-hybridized carbons (Fsp3) is 0.545. The van der Waals surface area contributed by atoms with Crippen LogP contribution < -0.4 is 5.73 Å². The quantitative estimate of drug-likeness (QED) is 0.320. The van der Waals surface area contributed by atoms with Crippen LogP contribution in [0.5, 0.6) is 0 Å². The Morgan fingerprint density at radius 3 is 2.53 bits per heavy atom. The van der Waals surface area contributed by atoms with Gasteiger partial charge in [-0.05, 0) is 6.42 Å². The summed E-state index contributed by atoms with van der Waals surface area (Å²) in [6, 6.07) is 0. The molecule has 19 heteroatoms. The minimum absolute atomic E-state index is 0.117. The van der Waals surface area contributed by atoms with Crippen molar-refractivity contribution in [2.45, 2.75) is 25.7 Å². The van der Waals surface area contributed by atoms with Gasteiger partial charge >= 0.3 is 23.5 Å². The minimum atomic E-state index is -5.57. The van der Waals surface area contributed by atoms with Crippen LogP contribution in [0.15, 0.2) is 12.7 Å². The lowest BCUT2D eigenvalue weighted by atomic mass is 10.1. The molecule has 3 rings (SSSR count). The third kappa shape index (κ3) is 5.69. The van der Waals surface area contributed by atoms with E-state index in [0.717, 1.165) is 0 Å². The van der Waals surface area contributed by atoms with Crippen molar-refractivity contribution in [3.63, 3.8) is 0 Å². The normalized spacial score (nSPS) is 26.5.